The van der Waals surface area contributed by atoms with Crippen LogP contribution in [0.3, 0.4) is 0 Å². The molecule has 0 amide bonds. The van der Waals surface area contributed by atoms with Crippen LogP contribution in [0.4, 0.5) is 11.1 Å². The van der Waals surface area contributed by atoms with E-state index in [0.29, 0.717) is 18.0 Å². The lowest BCUT2D eigenvalue weighted by molar-refractivity contribution is 0.410. The van der Waals surface area contributed by atoms with Crippen molar-refractivity contribution >= 4 is 54.9 Å². The first-order valence-corrected chi connectivity index (χ1v) is 14.6. The minimum Gasteiger partial charge on any atom is -0.351 e. The van der Waals surface area contributed by atoms with Gasteiger partial charge in [0.25, 0.3) is 10.0 Å². The van der Waals surface area contributed by atoms with Crippen LogP contribution in [0, 0.1) is 0 Å². The second-order valence-corrected chi connectivity index (χ2v) is 12.0. The van der Waals surface area contributed by atoms with Crippen molar-refractivity contribution in [2.24, 2.45) is 5.73 Å². The molecule has 0 spiro atoms. The third-order valence-electron chi connectivity index (χ3n) is 6.39. The van der Waals surface area contributed by atoms with Crippen molar-refractivity contribution in [3.63, 3.8) is 0 Å². The van der Waals surface area contributed by atoms with Crippen LogP contribution in [0.1, 0.15) is 38.2 Å². The van der Waals surface area contributed by atoms with Crippen molar-refractivity contribution in [3.05, 3.63) is 59.4 Å². The molecule has 0 atom stereocenters. The molecule has 0 aliphatic heterocycles. The second-order valence-electron chi connectivity index (χ2n) is 8.94. The number of aryl methyl sites for hydroxylation is 1. The molecular formula is C25H27ClN6O2S2. The largest absolute Gasteiger partial charge is 0.351 e. The predicted molar refractivity (Wildman–Crippen MR) is 146 cm³/mol. The summed E-state index contributed by atoms with van der Waals surface area (Å²) in [7, 11) is -3.85. The van der Waals surface area contributed by atoms with Crippen LogP contribution in [0.2, 0.25) is 5.02 Å². The molecule has 0 unspecified atom stereocenters. The molecule has 1 fully saturated rings. The standard InChI is InChI=1S/C25H27ClN6O2S2/c1-2-15-11-16(12-17-13-28-24(31-23(15)17)30-19-9-7-18(27)8-10-19)21-14-29-25(35-21)32-36(33,34)22-6-4-3-5-20(22)26/h3-6,11-14,18-19H,2,7-10,27H2,1H3,(H,29,32)(H,28,30,31)/t18-,19-. The molecule has 1 aliphatic carbocycles. The van der Waals surface area contributed by atoms with E-state index in [1.807, 2.05) is 12.3 Å². The molecule has 36 heavy (non-hydrogen) atoms. The Morgan fingerprint density at radius 1 is 1.11 bits per heavy atom. The number of hydrogen-bond donors (Lipinski definition) is 3. The maximum atomic E-state index is 12.8. The Labute approximate surface area is 219 Å². The zero-order chi connectivity index (χ0) is 25.3. The molecule has 188 valence electrons. The van der Waals surface area contributed by atoms with Crippen molar-refractivity contribution in [1.82, 2.24) is 15.0 Å². The highest BCUT2D eigenvalue weighted by molar-refractivity contribution is 7.93. The molecule has 0 saturated heterocycles. The third-order valence-corrected chi connectivity index (χ3v) is 9.32. The van der Waals surface area contributed by atoms with E-state index in [2.05, 4.69) is 33.0 Å². The first-order valence-electron chi connectivity index (χ1n) is 11.9. The van der Waals surface area contributed by atoms with Gasteiger partial charge in [0.15, 0.2) is 5.13 Å². The summed E-state index contributed by atoms with van der Waals surface area (Å²) in [5, 5.41) is 4.82. The summed E-state index contributed by atoms with van der Waals surface area (Å²) in [5.74, 6) is 0.638. The van der Waals surface area contributed by atoms with Crippen molar-refractivity contribution in [2.45, 2.75) is 56.0 Å². The summed E-state index contributed by atoms with van der Waals surface area (Å²) in [5.41, 5.74) is 8.96. The Morgan fingerprint density at radius 2 is 1.89 bits per heavy atom. The number of nitrogens with zero attached hydrogens (tertiary/aromatic N) is 3. The van der Waals surface area contributed by atoms with Gasteiger partial charge in [-0.05, 0) is 67.5 Å². The maximum absolute atomic E-state index is 12.8. The Kier molecular flexibility index (Phi) is 7.11. The van der Waals surface area contributed by atoms with Gasteiger partial charge >= 0.3 is 0 Å². The maximum Gasteiger partial charge on any atom is 0.265 e. The van der Waals surface area contributed by atoms with Crippen molar-refractivity contribution in [1.29, 1.82) is 0 Å². The van der Waals surface area contributed by atoms with E-state index < -0.39 is 10.0 Å². The summed E-state index contributed by atoms with van der Waals surface area (Å²) >= 11 is 7.34. The molecule has 5 rings (SSSR count). The quantitative estimate of drug-likeness (QED) is 0.283. The van der Waals surface area contributed by atoms with Gasteiger partial charge in [0.1, 0.15) is 4.90 Å². The number of sulfonamides is 1. The average Bonchev–Trinajstić information content (AvgIpc) is 3.32. The van der Waals surface area contributed by atoms with Gasteiger partial charge in [0.05, 0.1) is 15.4 Å². The molecule has 2 aromatic carbocycles. The van der Waals surface area contributed by atoms with Crippen molar-refractivity contribution in [3.8, 4) is 10.4 Å². The number of fused-ring (bicyclic) bond motifs is 1. The Hall–Kier alpha value is -2.79. The fraction of sp³-hybridized carbons (Fsp3) is 0.320. The third kappa shape index (κ3) is 5.31. The Balaban J connectivity index is 1.39. The minimum atomic E-state index is -3.85. The van der Waals surface area contributed by atoms with E-state index >= 15 is 0 Å². The molecule has 1 aliphatic rings. The zero-order valence-electron chi connectivity index (χ0n) is 19.7. The van der Waals surface area contributed by atoms with E-state index in [-0.39, 0.29) is 15.0 Å². The van der Waals surface area contributed by atoms with Crippen molar-refractivity contribution in [2.75, 3.05) is 10.0 Å². The van der Waals surface area contributed by atoms with Gasteiger partial charge in [-0.2, -0.15) is 0 Å². The van der Waals surface area contributed by atoms with E-state index in [4.69, 9.17) is 22.3 Å². The second kappa shape index (κ2) is 10.3. The van der Waals surface area contributed by atoms with Crippen LogP contribution in [-0.2, 0) is 16.4 Å². The highest BCUT2D eigenvalue weighted by atomic mass is 35.5. The van der Waals surface area contributed by atoms with Crippen LogP contribution in [0.5, 0.6) is 0 Å². The molecule has 0 bridgehead atoms. The average molecular weight is 543 g/mol. The normalized spacial score (nSPS) is 18.3. The first kappa shape index (κ1) is 24.9. The molecule has 0 radical (unpaired) electrons. The molecule has 8 nitrogen and oxygen atoms in total. The molecule has 4 N–H and O–H groups in total. The van der Waals surface area contributed by atoms with Crippen LogP contribution < -0.4 is 15.8 Å². The minimum absolute atomic E-state index is 0.0139. The zero-order valence-corrected chi connectivity index (χ0v) is 22.1. The van der Waals surface area contributed by atoms with Gasteiger partial charge in [-0.3, -0.25) is 4.72 Å². The van der Waals surface area contributed by atoms with E-state index in [9.17, 15) is 8.42 Å². The number of hydrogen-bond acceptors (Lipinski definition) is 8. The summed E-state index contributed by atoms with van der Waals surface area (Å²) in [6.07, 6.45) is 8.38. The van der Waals surface area contributed by atoms with E-state index in [0.717, 1.165) is 59.0 Å². The number of thiazole rings is 1. The SMILES string of the molecule is CCc1cc(-c2cnc(NS(=O)(=O)c3ccccc3Cl)s2)cc2cnc(N[C@H]3CC[C@H](N)CC3)nc12. The van der Waals surface area contributed by atoms with Crippen LogP contribution in [0.25, 0.3) is 21.3 Å². The van der Waals surface area contributed by atoms with E-state index in [1.165, 1.54) is 17.4 Å². The Bertz CT molecular complexity index is 1500. The molecule has 4 aromatic rings. The first-order chi connectivity index (χ1) is 17.3. The number of halogens is 1. The molecular weight excluding hydrogens is 516 g/mol. The van der Waals surface area contributed by atoms with Gasteiger partial charge in [0.2, 0.25) is 5.95 Å². The van der Waals surface area contributed by atoms with Crippen molar-refractivity contribution < 1.29 is 8.42 Å². The fourth-order valence-electron chi connectivity index (χ4n) is 4.43. The smallest absolute Gasteiger partial charge is 0.265 e. The number of aromatic nitrogens is 3. The lowest BCUT2D eigenvalue weighted by Crippen LogP contribution is -2.33. The molecule has 11 heteroatoms. The number of nitrogens with one attached hydrogen (secondary N) is 2. The number of benzene rings is 2. The lowest BCUT2D eigenvalue weighted by Gasteiger charge is -2.26. The van der Waals surface area contributed by atoms with Crippen LogP contribution in [-0.4, -0.2) is 35.5 Å². The summed E-state index contributed by atoms with van der Waals surface area (Å²) in [6, 6.07) is 11.0. The molecule has 1 saturated carbocycles. The summed E-state index contributed by atoms with van der Waals surface area (Å²) in [4.78, 5) is 14.5. The monoisotopic (exact) mass is 542 g/mol. The van der Waals surface area contributed by atoms with Gasteiger partial charge < -0.3 is 11.1 Å². The topological polar surface area (TPSA) is 123 Å². The van der Waals surface area contributed by atoms with E-state index in [1.54, 1.807) is 24.4 Å². The fourth-order valence-corrected chi connectivity index (χ4v) is 7.00. The number of anilines is 2. The number of rotatable bonds is 7. The highest BCUT2D eigenvalue weighted by Gasteiger charge is 2.21. The van der Waals surface area contributed by atoms with Crippen LogP contribution in [0.15, 0.2) is 53.7 Å². The highest BCUT2D eigenvalue weighted by Crippen LogP contribution is 2.34. The van der Waals surface area contributed by atoms with Gasteiger partial charge in [-0.25, -0.2) is 23.4 Å². The van der Waals surface area contributed by atoms with Gasteiger partial charge in [-0.1, -0.05) is 42.0 Å². The summed E-state index contributed by atoms with van der Waals surface area (Å²) < 4.78 is 28.1. The molecule has 2 heterocycles. The Morgan fingerprint density at radius 3 is 2.64 bits per heavy atom. The van der Waals surface area contributed by atoms with Gasteiger partial charge in [0, 0.05) is 29.9 Å². The predicted octanol–water partition coefficient (Wildman–Crippen LogP) is 5.45. The lowest BCUT2D eigenvalue weighted by atomic mass is 9.92. The van der Waals surface area contributed by atoms with Gasteiger partial charge in [-0.15, -0.1) is 0 Å². The molecule has 2 aromatic heterocycles. The summed E-state index contributed by atoms with van der Waals surface area (Å²) in [6.45, 7) is 2.09. The number of nitrogens with two attached hydrogens (primary N) is 1. The van der Waals surface area contributed by atoms with Crippen LogP contribution >= 0.6 is 22.9 Å².